The first kappa shape index (κ1) is 24.1. The molecule has 0 saturated carbocycles. The van der Waals surface area contributed by atoms with E-state index in [2.05, 4.69) is 33.0 Å². The van der Waals surface area contributed by atoms with Crippen LogP contribution in [0.2, 0.25) is 0 Å². The van der Waals surface area contributed by atoms with Crippen molar-refractivity contribution in [1.29, 1.82) is 0 Å². The fraction of sp³-hybridized carbons (Fsp3) is 0.684. The van der Waals surface area contributed by atoms with Gasteiger partial charge in [-0.3, -0.25) is 0 Å². The second-order valence-electron chi connectivity index (χ2n) is 6.31. The molecule has 1 aromatic carbocycles. The molecule has 0 fully saturated rings. The maximum atomic E-state index is 10.4. The molecule has 0 aliphatic rings. The average molecular weight is 373 g/mol. The molecule has 1 N–H and O–H groups in total. The molecule has 1 atom stereocenters. The minimum Gasteiger partial charge on any atom is -0.748 e. The van der Waals surface area contributed by atoms with Crippen molar-refractivity contribution in [1.82, 2.24) is 5.32 Å². The number of nitrogens with one attached hydrogen (secondary N) is 1. The second-order valence-corrected chi connectivity index (χ2v) is 7.83. The van der Waals surface area contributed by atoms with Crippen LogP contribution in [0, 0.1) is 0 Å². The van der Waals surface area contributed by atoms with Crippen molar-refractivity contribution in [3.05, 3.63) is 35.9 Å². The van der Waals surface area contributed by atoms with Gasteiger partial charge in [-0.05, 0) is 53.1 Å². The molecule has 0 aliphatic heterocycles. The van der Waals surface area contributed by atoms with Crippen LogP contribution in [0.5, 0.6) is 0 Å². The van der Waals surface area contributed by atoms with Crippen molar-refractivity contribution in [2.75, 3.05) is 38.5 Å². The third-order valence-corrected chi connectivity index (χ3v) is 5.79. The number of hydrogen-bond donors (Lipinski definition) is 1. The van der Waals surface area contributed by atoms with Gasteiger partial charge in [-0.25, -0.2) is 8.42 Å². The van der Waals surface area contributed by atoms with Gasteiger partial charge in [0.1, 0.15) is 0 Å². The Morgan fingerprint density at radius 3 is 1.84 bits per heavy atom. The van der Waals surface area contributed by atoms with Gasteiger partial charge in [-0.2, -0.15) is 0 Å². The largest absolute Gasteiger partial charge is 0.748 e. The Hall–Kier alpha value is -0.950. The van der Waals surface area contributed by atoms with Crippen LogP contribution in [-0.2, 0) is 10.1 Å². The molecule has 0 unspecified atom stereocenters. The van der Waals surface area contributed by atoms with E-state index in [0.29, 0.717) is 13.0 Å². The molecule has 0 heterocycles. The normalized spacial score (nSPS) is 13.0. The molecule has 5 nitrogen and oxygen atoms in total. The third-order valence-electron chi connectivity index (χ3n) is 5.00. The van der Waals surface area contributed by atoms with Crippen LogP contribution in [0.25, 0.3) is 0 Å². The molecule has 0 bridgehead atoms. The lowest BCUT2D eigenvalue weighted by molar-refractivity contribution is -0.921. The van der Waals surface area contributed by atoms with Gasteiger partial charge >= 0.3 is 0 Å². The molecule has 6 heteroatoms. The standard InChI is InChI=1S/C11H17NO3S.C8H20N/c1-10(11-6-3-2-4-7-11)12-8-5-9-16(13,14)15;1-5-9(6-2,7-3)8-4/h2-4,6-7,10,12H,5,8-9H2,1H3,(H,13,14,15);5-8H2,1-4H3/q;+1/p-1/t10-;/m0./s1. The van der Waals surface area contributed by atoms with E-state index >= 15 is 0 Å². The SMILES string of the molecule is CC[N+](CC)(CC)CC.C[C@H](NCCCS(=O)(=O)[O-])c1ccccc1. The topological polar surface area (TPSA) is 69.2 Å². The molecule has 0 aromatic heterocycles. The van der Waals surface area contributed by atoms with Crippen molar-refractivity contribution in [2.45, 2.75) is 47.1 Å². The van der Waals surface area contributed by atoms with Gasteiger partial charge < -0.3 is 14.4 Å². The van der Waals surface area contributed by atoms with Crippen LogP contribution in [-0.4, -0.2) is 55.9 Å². The molecular weight excluding hydrogens is 336 g/mol. The predicted molar refractivity (Wildman–Crippen MR) is 104 cm³/mol. The Balaban J connectivity index is 0.000000547. The monoisotopic (exact) mass is 372 g/mol. The van der Waals surface area contributed by atoms with Gasteiger partial charge in [-0.1, -0.05) is 30.3 Å². The van der Waals surface area contributed by atoms with Crippen LogP contribution in [0.15, 0.2) is 30.3 Å². The smallest absolute Gasteiger partial charge is 0.0946 e. The van der Waals surface area contributed by atoms with Crippen molar-refractivity contribution >= 4 is 10.1 Å². The Morgan fingerprint density at radius 1 is 1.00 bits per heavy atom. The molecule has 25 heavy (non-hydrogen) atoms. The van der Waals surface area contributed by atoms with Crippen LogP contribution in [0.3, 0.4) is 0 Å². The first-order valence-electron chi connectivity index (χ1n) is 9.30. The molecule has 0 spiro atoms. The molecule has 0 radical (unpaired) electrons. The van der Waals surface area contributed by atoms with Gasteiger partial charge in [0, 0.05) is 11.8 Å². The van der Waals surface area contributed by atoms with E-state index in [1.807, 2.05) is 37.3 Å². The average Bonchev–Trinajstić information content (AvgIpc) is 2.61. The Bertz CT molecular complexity index is 526. The highest BCUT2D eigenvalue weighted by molar-refractivity contribution is 7.85. The van der Waals surface area contributed by atoms with E-state index in [1.54, 1.807) is 0 Å². The number of quaternary nitrogens is 1. The molecule has 0 saturated heterocycles. The minimum atomic E-state index is -4.08. The van der Waals surface area contributed by atoms with Crippen LogP contribution < -0.4 is 5.32 Å². The highest BCUT2D eigenvalue weighted by atomic mass is 32.2. The first-order chi connectivity index (χ1) is 11.7. The lowest BCUT2D eigenvalue weighted by Gasteiger charge is -2.34. The van der Waals surface area contributed by atoms with E-state index < -0.39 is 10.1 Å². The summed E-state index contributed by atoms with van der Waals surface area (Å²) in [7, 11) is -4.08. The minimum absolute atomic E-state index is 0.163. The third kappa shape index (κ3) is 10.6. The lowest BCUT2D eigenvalue weighted by atomic mass is 10.1. The zero-order chi connectivity index (χ0) is 19.3. The van der Waals surface area contributed by atoms with Crippen LogP contribution in [0.1, 0.15) is 52.6 Å². The van der Waals surface area contributed by atoms with Crippen molar-refractivity contribution in [3.8, 4) is 0 Å². The summed E-state index contributed by atoms with van der Waals surface area (Å²) in [5, 5.41) is 3.17. The van der Waals surface area contributed by atoms with Crippen molar-refractivity contribution in [2.24, 2.45) is 0 Å². The summed E-state index contributed by atoms with van der Waals surface area (Å²) in [6, 6.07) is 10.0. The fourth-order valence-corrected chi connectivity index (χ4v) is 3.27. The van der Waals surface area contributed by atoms with Crippen molar-refractivity contribution in [3.63, 3.8) is 0 Å². The zero-order valence-electron chi connectivity index (χ0n) is 16.5. The molecule has 1 aromatic rings. The Kier molecular flexibility index (Phi) is 11.9. The van der Waals surface area contributed by atoms with Gasteiger partial charge in [0.25, 0.3) is 0 Å². The Morgan fingerprint density at radius 2 is 1.48 bits per heavy atom. The molecular formula is C19H36N2O3S. The summed E-state index contributed by atoms with van der Waals surface area (Å²) < 4.78 is 32.4. The summed E-state index contributed by atoms with van der Waals surface area (Å²) >= 11 is 0. The van der Waals surface area contributed by atoms with E-state index in [4.69, 9.17) is 0 Å². The summed E-state index contributed by atoms with van der Waals surface area (Å²) in [5.41, 5.74) is 1.15. The maximum absolute atomic E-state index is 10.4. The number of rotatable bonds is 10. The maximum Gasteiger partial charge on any atom is 0.0946 e. The highest BCUT2D eigenvalue weighted by Crippen LogP contribution is 2.10. The highest BCUT2D eigenvalue weighted by Gasteiger charge is 2.16. The summed E-state index contributed by atoms with van der Waals surface area (Å²) in [5.74, 6) is -0.304. The van der Waals surface area contributed by atoms with E-state index in [9.17, 15) is 13.0 Å². The first-order valence-corrected chi connectivity index (χ1v) is 10.9. The number of benzene rings is 1. The number of nitrogens with zero attached hydrogens (tertiary/aromatic N) is 1. The molecule has 146 valence electrons. The van der Waals surface area contributed by atoms with E-state index in [1.165, 1.54) is 30.7 Å². The van der Waals surface area contributed by atoms with Gasteiger partial charge in [0.05, 0.1) is 36.3 Å². The summed E-state index contributed by atoms with van der Waals surface area (Å²) in [4.78, 5) is 0. The quantitative estimate of drug-likeness (QED) is 0.389. The summed E-state index contributed by atoms with van der Waals surface area (Å²) in [6.07, 6.45) is 0.350. The van der Waals surface area contributed by atoms with Crippen LogP contribution >= 0.6 is 0 Å². The van der Waals surface area contributed by atoms with Gasteiger partial charge in [0.2, 0.25) is 0 Å². The van der Waals surface area contributed by atoms with Crippen molar-refractivity contribution < 1.29 is 17.5 Å². The number of hydrogen-bond acceptors (Lipinski definition) is 4. The van der Waals surface area contributed by atoms with E-state index in [0.717, 1.165) is 5.56 Å². The van der Waals surface area contributed by atoms with Gasteiger partial charge in [-0.15, -0.1) is 0 Å². The molecule has 0 aliphatic carbocycles. The van der Waals surface area contributed by atoms with E-state index in [-0.39, 0.29) is 11.8 Å². The lowest BCUT2D eigenvalue weighted by Crippen LogP contribution is -2.47. The molecule has 0 amide bonds. The second kappa shape index (κ2) is 12.4. The van der Waals surface area contributed by atoms with Gasteiger partial charge in [0.15, 0.2) is 0 Å². The van der Waals surface area contributed by atoms with Crippen LogP contribution in [0.4, 0.5) is 0 Å². The predicted octanol–water partition coefficient (Wildman–Crippen LogP) is 3.16. The summed E-state index contributed by atoms with van der Waals surface area (Å²) in [6.45, 7) is 16.7. The zero-order valence-corrected chi connectivity index (χ0v) is 17.3. The fourth-order valence-electron chi connectivity index (χ4n) is 2.77. The molecule has 1 rings (SSSR count). The Labute approximate surface area is 154 Å².